The van der Waals surface area contributed by atoms with E-state index in [2.05, 4.69) is 35.2 Å². The van der Waals surface area contributed by atoms with E-state index in [9.17, 15) is 0 Å². The molecular formula is C16H25N3S. The van der Waals surface area contributed by atoms with Crippen LogP contribution in [0.5, 0.6) is 0 Å². The van der Waals surface area contributed by atoms with Gasteiger partial charge < -0.3 is 5.32 Å². The first-order valence-corrected chi connectivity index (χ1v) is 8.86. The van der Waals surface area contributed by atoms with E-state index in [0.29, 0.717) is 11.1 Å². The highest BCUT2D eigenvalue weighted by Crippen LogP contribution is 2.49. The maximum absolute atomic E-state index is 4.26. The fourth-order valence-electron chi connectivity index (χ4n) is 3.97. The van der Waals surface area contributed by atoms with Crippen molar-refractivity contribution < 1.29 is 0 Å². The van der Waals surface area contributed by atoms with Crippen molar-refractivity contribution in [3.63, 3.8) is 0 Å². The van der Waals surface area contributed by atoms with Gasteiger partial charge >= 0.3 is 0 Å². The van der Waals surface area contributed by atoms with Crippen molar-refractivity contribution in [1.82, 2.24) is 15.2 Å². The lowest BCUT2D eigenvalue weighted by atomic mass is 9.83. The summed E-state index contributed by atoms with van der Waals surface area (Å²) in [6.45, 7) is 8.36. The summed E-state index contributed by atoms with van der Waals surface area (Å²) < 4.78 is 0. The van der Waals surface area contributed by atoms with Crippen molar-refractivity contribution in [2.24, 2.45) is 11.8 Å². The van der Waals surface area contributed by atoms with Gasteiger partial charge in [-0.2, -0.15) is 0 Å². The van der Waals surface area contributed by atoms with Crippen LogP contribution in [-0.2, 0) is 6.54 Å². The number of thiazole rings is 1. The maximum atomic E-state index is 4.26. The van der Waals surface area contributed by atoms with Gasteiger partial charge in [0.25, 0.3) is 0 Å². The third-order valence-corrected chi connectivity index (χ3v) is 6.62. The second-order valence-electron chi connectivity index (χ2n) is 7.50. The van der Waals surface area contributed by atoms with E-state index in [1.807, 2.05) is 5.51 Å². The van der Waals surface area contributed by atoms with E-state index in [0.717, 1.165) is 24.9 Å². The summed E-state index contributed by atoms with van der Waals surface area (Å²) in [5, 5.41) is 3.93. The minimum atomic E-state index is 0.332. The van der Waals surface area contributed by atoms with Gasteiger partial charge in [-0.3, -0.25) is 9.88 Å². The lowest BCUT2D eigenvalue weighted by Gasteiger charge is -2.53. The molecular weight excluding hydrogens is 266 g/mol. The quantitative estimate of drug-likeness (QED) is 0.924. The number of rotatable bonds is 4. The summed E-state index contributed by atoms with van der Waals surface area (Å²) in [5.74, 6) is 1.79. The summed E-state index contributed by atoms with van der Waals surface area (Å²) in [5.41, 5.74) is 2.64. The van der Waals surface area contributed by atoms with Crippen molar-refractivity contribution in [3.8, 4) is 0 Å². The van der Waals surface area contributed by atoms with E-state index in [-0.39, 0.29) is 0 Å². The minimum absolute atomic E-state index is 0.332. The molecule has 0 aromatic carbocycles. The SMILES string of the molecule is CC1(C2CC2)CN(Cc2cncs2)C(C)(C2CC2)CN1. The fourth-order valence-corrected chi connectivity index (χ4v) is 4.58. The molecule has 1 aliphatic heterocycles. The van der Waals surface area contributed by atoms with Crippen LogP contribution < -0.4 is 5.32 Å². The van der Waals surface area contributed by atoms with Crippen LogP contribution >= 0.6 is 11.3 Å². The zero-order valence-electron chi connectivity index (χ0n) is 12.6. The van der Waals surface area contributed by atoms with Gasteiger partial charge in [-0.1, -0.05) is 0 Å². The molecule has 1 saturated heterocycles. The summed E-state index contributed by atoms with van der Waals surface area (Å²) in [6.07, 6.45) is 7.71. The number of aromatic nitrogens is 1. The number of hydrogen-bond donors (Lipinski definition) is 1. The van der Waals surface area contributed by atoms with Gasteiger partial charge in [-0.15, -0.1) is 11.3 Å². The molecule has 1 N–H and O–H groups in total. The zero-order chi connectivity index (χ0) is 13.8. The Morgan fingerprint density at radius 3 is 2.65 bits per heavy atom. The van der Waals surface area contributed by atoms with Gasteiger partial charge in [0.1, 0.15) is 0 Å². The van der Waals surface area contributed by atoms with Crippen molar-refractivity contribution in [2.75, 3.05) is 13.1 Å². The van der Waals surface area contributed by atoms with Crippen molar-refractivity contribution in [3.05, 3.63) is 16.6 Å². The minimum Gasteiger partial charge on any atom is -0.308 e. The molecule has 0 spiro atoms. The second-order valence-corrected chi connectivity index (χ2v) is 8.47. The standard InChI is InChI=1S/C16H25N3S/c1-15(12-3-4-12)10-19(8-14-7-17-11-20-14)16(2,9-18-15)13-5-6-13/h7,11-13,18H,3-6,8-10H2,1-2H3. The molecule has 0 radical (unpaired) electrons. The first-order chi connectivity index (χ1) is 9.60. The smallest absolute Gasteiger partial charge is 0.0794 e. The molecule has 2 saturated carbocycles. The van der Waals surface area contributed by atoms with Crippen LogP contribution in [0.1, 0.15) is 44.4 Å². The molecule has 3 aliphatic rings. The Kier molecular flexibility index (Phi) is 2.99. The Balaban J connectivity index is 1.57. The lowest BCUT2D eigenvalue weighted by molar-refractivity contribution is -0.00642. The molecule has 1 aromatic rings. The van der Waals surface area contributed by atoms with Crippen LogP contribution in [-0.4, -0.2) is 34.1 Å². The highest BCUT2D eigenvalue weighted by atomic mass is 32.1. The topological polar surface area (TPSA) is 28.2 Å². The van der Waals surface area contributed by atoms with E-state index >= 15 is 0 Å². The molecule has 4 rings (SSSR count). The van der Waals surface area contributed by atoms with Gasteiger partial charge in [-0.05, 0) is 51.4 Å². The summed E-state index contributed by atoms with van der Waals surface area (Å²) in [6, 6.07) is 0. The van der Waals surface area contributed by atoms with Crippen LogP contribution in [0.15, 0.2) is 11.7 Å². The number of piperazine rings is 1. The van der Waals surface area contributed by atoms with Gasteiger partial charge in [0.2, 0.25) is 0 Å². The molecule has 4 heteroatoms. The zero-order valence-corrected chi connectivity index (χ0v) is 13.4. The van der Waals surface area contributed by atoms with E-state index < -0.39 is 0 Å². The molecule has 2 heterocycles. The van der Waals surface area contributed by atoms with Gasteiger partial charge in [-0.25, -0.2) is 0 Å². The van der Waals surface area contributed by atoms with Crippen LogP contribution in [0.2, 0.25) is 0 Å². The predicted octanol–water partition coefficient (Wildman–Crippen LogP) is 2.89. The largest absolute Gasteiger partial charge is 0.308 e. The Morgan fingerprint density at radius 1 is 1.30 bits per heavy atom. The summed E-state index contributed by atoms with van der Waals surface area (Å²) in [4.78, 5) is 8.44. The van der Waals surface area contributed by atoms with Crippen molar-refractivity contribution >= 4 is 11.3 Å². The molecule has 2 atom stereocenters. The monoisotopic (exact) mass is 291 g/mol. The molecule has 2 unspecified atom stereocenters. The molecule has 20 heavy (non-hydrogen) atoms. The van der Waals surface area contributed by atoms with Gasteiger partial charge in [0.15, 0.2) is 0 Å². The number of hydrogen-bond acceptors (Lipinski definition) is 4. The van der Waals surface area contributed by atoms with Crippen molar-refractivity contribution in [2.45, 2.75) is 57.2 Å². The normalized spacial score (nSPS) is 39.1. The molecule has 3 nitrogen and oxygen atoms in total. The Bertz CT molecular complexity index is 480. The van der Waals surface area contributed by atoms with E-state index in [4.69, 9.17) is 0 Å². The first kappa shape index (κ1) is 13.2. The molecule has 0 bridgehead atoms. The average Bonchev–Trinajstić information content (AvgIpc) is 3.32. The van der Waals surface area contributed by atoms with Crippen LogP contribution in [0.3, 0.4) is 0 Å². The van der Waals surface area contributed by atoms with Gasteiger partial charge in [0, 0.05) is 41.8 Å². The Hall–Kier alpha value is -0.450. The molecule has 2 aliphatic carbocycles. The third-order valence-electron chi connectivity index (χ3n) is 5.86. The summed E-state index contributed by atoms with van der Waals surface area (Å²) >= 11 is 1.80. The van der Waals surface area contributed by atoms with Crippen LogP contribution in [0.25, 0.3) is 0 Å². The molecule has 110 valence electrons. The first-order valence-electron chi connectivity index (χ1n) is 7.98. The number of nitrogens with one attached hydrogen (secondary N) is 1. The van der Waals surface area contributed by atoms with Crippen molar-refractivity contribution in [1.29, 1.82) is 0 Å². The van der Waals surface area contributed by atoms with Crippen LogP contribution in [0.4, 0.5) is 0 Å². The van der Waals surface area contributed by atoms with Crippen LogP contribution in [0, 0.1) is 11.8 Å². The predicted molar refractivity (Wildman–Crippen MR) is 82.8 cm³/mol. The number of nitrogens with zero attached hydrogens (tertiary/aromatic N) is 2. The average molecular weight is 291 g/mol. The highest BCUT2D eigenvalue weighted by molar-refractivity contribution is 7.09. The Morgan fingerprint density at radius 2 is 2.05 bits per heavy atom. The van der Waals surface area contributed by atoms with Gasteiger partial charge in [0.05, 0.1) is 5.51 Å². The molecule has 3 fully saturated rings. The lowest BCUT2D eigenvalue weighted by Crippen LogP contribution is -2.69. The third kappa shape index (κ3) is 2.22. The van der Waals surface area contributed by atoms with E-state index in [1.165, 1.54) is 37.1 Å². The van der Waals surface area contributed by atoms with E-state index in [1.54, 1.807) is 11.3 Å². The second kappa shape index (κ2) is 4.52. The highest BCUT2D eigenvalue weighted by Gasteiger charge is 2.54. The Labute approximate surface area is 125 Å². The molecule has 1 aromatic heterocycles. The summed E-state index contributed by atoms with van der Waals surface area (Å²) in [7, 11) is 0. The maximum Gasteiger partial charge on any atom is 0.0794 e. The fraction of sp³-hybridized carbons (Fsp3) is 0.812. The molecule has 0 amide bonds.